The maximum Gasteiger partial charge on any atom is 0.272 e. The van der Waals surface area contributed by atoms with Crippen molar-refractivity contribution in [2.24, 2.45) is 0 Å². The van der Waals surface area contributed by atoms with Gasteiger partial charge in [0.15, 0.2) is 5.82 Å². The molecule has 0 spiro atoms. The zero-order chi connectivity index (χ0) is 17.6. The van der Waals surface area contributed by atoms with Gasteiger partial charge in [-0.25, -0.2) is 0 Å². The van der Waals surface area contributed by atoms with Gasteiger partial charge in [-0.15, -0.1) is 11.0 Å². The highest BCUT2D eigenvalue weighted by Crippen LogP contribution is 2.10. The molecule has 1 fully saturated rings. The number of β-amino-alcohol motifs (C(OH)–C–C–N with tert-alkyl or cyclic N) is 1. The zero-order valence-electron chi connectivity index (χ0n) is 14.0. The Morgan fingerprint density at radius 1 is 1.40 bits per heavy atom. The molecule has 2 aromatic rings. The number of tetrazole rings is 1. The van der Waals surface area contributed by atoms with Gasteiger partial charge in [-0.3, -0.25) is 14.8 Å². The van der Waals surface area contributed by atoms with E-state index in [2.05, 4.69) is 42.5 Å². The standard InChI is InChI=1S/C15H20N8O2/c1-2-3-4-5-21-6-7-22(10-12(24)9-21)15(25)13-8-14(18-17-13)23-11-16-19-20-23/h8,11-12,24H,2,5-7,9-10H2,1H3,(H,17,18)/t12-/m1/s1. The Bertz CT molecular complexity index is 760. The molecule has 0 aromatic carbocycles. The van der Waals surface area contributed by atoms with Crippen LogP contribution in [0.3, 0.4) is 0 Å². The van der Waals surface area contributed by atoms with Crippen molar-refractivity contribution < 1.29 is 9.90 Å². The van der Waals surface area contributed by atoms with Crippen molar-refractivity contribution >= 4 is 5.91 Å². The minimum Gasteiger partial charge on any atom is -0.390 e. The monoisotopic (exact) mass is 344 g/mol. The summed E-state index contributed by atoms with van der Waals surface area (Å²) in [6.45, 7) is 4.55. The van der Waals surface area contributed by atoms with E-state index >= 15 is 0 Å². The van der Waals surface area contributed by atoms with Crippen molar-refractivity contribution in [1.82, 2.24) is 40.2 Å². The summed E-state index contributed by atoms with van der Waals surface area (Å²) in [5, 5.41) is 27.7. The first kappa shape index (κ1) is 17.1. The van der Waals surface area contributed by atoms with Crippen LogP contribution in [0.15, 0.2) is 12.4 Å². The second-order valence-corrected chi connectivity index (χ2v) is 5.74. The van der Waals surface area contributed by atoms with Crippen LogP contribution in [0, 0.1) is 11.8 Å². The molecular formula is C15H20N8O2. The maximum atomic E-state index is 12.7. The predicted octanol–water partition coefficient (Wildman–Crippen LogP) is -1.08. The van der Waals surface area contributed by atoms with Crippen LogP contribution in [0.4, 0.5) is 0 Å². The number of hydrogen-bond acceptors (Lipinski definition) is 7. The number of carbonyl (C=O) groups excluding carboxylic acids is 1. The van der Waals surface area contributed by atoms with E-state index in [4.69, 9.17) is 0 Å². The molecule has 10 heteroatoms. The van der Waals surface area contributed by atoms with E-state index in [1.165, 1.54) is 11.0 Å². The minimum atomic E-state index is -0.614. The van der Waals surface area contributed by atoms with Crippen molar-refractivity contribution in [2.45, 2.75) is 19.4 Å². The SMILES string of the molecule is CCC#CCN1CCN(C(=O)c2cc(-n3cnnn3)n[nH]2)C[C@H](O)C1. The molecule has 1 aliphatic rings. The van der Waals surface area contributed by atoms with Crippen LogP contribution in [0.25, 0.3) is 5.82 Å². The lowest BCUT2D eigenvalue weighted by Crippen LogP contribution is -2.37. The van der Waals surface area contributed by atoms with Crippen LogP contribution in [-0.2, 0) is 0 Å². The topological polar surface area (TPSA) is 116 Å². The third-order valence-corrected chi connectivity index (χ3v) is 3.86. The van der Waals surface area contributed by atoms with Gasteiger partial charge in [-0.2, -0.15) is 9.78 Å². The first-order chi connectivity index (χ1) is 12.2. The van der Waals surface area contributed by atoms with Gasteiger partial charge in [0, 0.05) is 38.7 Å². The average molecular weight is 344 g/mol. The number of aliphatic hydroxyl groups excluding tert-OH is 1. The lowest BCUT2D eigenvalue weighted by atomic mass is 10.3. The van der Waals surface area contributed by atoms with Gasteiger partial charge >= 0.3 is 0 Å². The molecule has 3 heterocycles. The highest BCUT2D eigenvalue weighted by Gasteiger charge is 2.26. The van der Waals surface area contributed by atoms with Gasteiger partial charge in [0.1, 0.15) is 12.0 Å². The number of carbonyl (C=O) groups is 1. The molecule has 0 saturated carbocycles. The number of nitrogens with zero attached hydrogens (tertiary/aromatic N) is 7. The summed E-state index contributed by atoms with van der Waals surface area (Å²) in [4.78, 5) is 16.4. The van der Waals surface area contributed by atoms with E-state index in [9.17, 15) is 9.90 Å². The summed E-state index contributed by atoms with van der Waals surface area (Å²) in [6, 6.07) is 1.58. The predicted molar refractivity (Wildman–Crippen MR) is 87.7 cm³/mol. The Morgan fingerprint density at radius 3 is 3.04 bits per heavy atom. The summed E-state index contributed by atoms with van der Waals surface area (Å²) >= 11 is 0. The van der Waals surface area contributed by atoms with Gasteiger partial charge in [0.05, 0.1) is 12.6 Å². The molecule has 1 atom stereocenters. The summed E-state index contributed by atoms with van der Waals surface area (Å²) in [7, 11) is 0. The Labute approximate surface area is 144 Å². The van der Waals surface area contributed by atoms with Crippen LogP contribution in [0.1, 0.15) is 23.8 Å². The van der Waals surface area contributed by atoms with Crippen LogP contribution >= 0.6 is 0 Å². The van der Waals surface area contributed by atoms with E-state index in [0.29, 0.717) is 37.7 Å². The second-order valence-electron chi connectivity index (χ2n) is 5.74. The van der Waals surface area contributed by atoms with Crippen molar-refractivity contribution in [1.29, 1.82) is 0 Å². The van der Waals surface area contributed by atoms with Gasteiger partial charge in [-0.1, -0.05) is 12.8 Å². The molecule has 10 nitrogen and oxygen atoms in total. The van der Waals surface area contributed by atoms with Crippen LogP contribution in [0.5, 0.6) is 0 Å². The fraction of sp³-hybridized carbons (Fsp3) is 0.533. The second kappa shape index (κ2) is 7.87. The van der Waals surface area contributed by atoms with E-state index in [1.54, 1.807) is 11.0 Å². The number of nitrogens with one attached hydrogen (secondary N) is 1. The molecule has 2 N–H and O–H groups in total. The van der Waals surface area contributed by atoms with Gasteiger partial charge < -0.3 is 10.0 Å². The van der Waals surface area contributed by atoms with E-state index in [1.807, 2.05) is 6.92 Å². The van der Waals surface area contributed by atoms with Gasteiger partial charge in [0.2, 0.25) is 0 Å². The van der Waals surface area contributed by atoms with Crippen molar-refractivity contribution in [3.05, 3.63) is 18.1 Å². The van der Waals surface area contributed by atoms with Crippen molar-refractivity contribution in [3.63, 3.8) is 0 Å². The van der Waals surface area contributed by atoms with E-state index in [-0.39, 0.29) is 12.5 Å². The van der Waals surface area contributed by atoms with Crippen molar-refractivity contribution in [3.8, 4) is 17.7 Å². The number of amides is 1. The zero-order valence-corrected chi connectivity index (χ0v) is 14.0. The highest BCUT2D eigenvalue weighted by molar-refractivity contribution is 5.92. The first-order valence-corrected chi connectivity index (χ1v) is 8.11. The van der Waals surface area contributed by atoms with Gasteiger partial charge in [-0.05, 0) is 10.4 Å². The largest absolute Gasteiger partial charge is 0.390 e. The third kappa shape index (κ3) is 4.20. The summed E-state index contributed by atoms with van der Waals surface area (Å²) in [5.41, 5.74) is 0.330. The smallest absolute Gasteiger partial charge is 0.272 e. The minimum absolute atomic E-state index is 0.215. The molecule has 0 radical (unpaired) electrons. The molecule has 25 heavy (non-hydrogen) atoms. The Morgan fingerprint density at radius 2 is 2.28 bits per heavy atom. The third-order valence-electron chi connectivity index (χ3n) is 3.86. The molecule has 2 aromatic heterocycles. The summed E-state index contributed by atoms with van der Waals surface area (Å²) in [5.74, 6) is 6.31. The molecular weight excluding hydrogens is 324 g/mol. The van der Waals surface area contributed by atoms with E-state index < -0.39 is 6.10 Å². The number of H-pyrrole nitrogens is 1. The molecule has 0 aliphatic carbocycles. The number of rotatable bonds is 3. The summed E-state index contributed by atoms with van der Waals surface area (Å²) in [6.07, 6.45) is 1.59. The van der Waals surface area contributed by atoms with Crippen LogP contribution in [0.2, 0.25) is 0 Å². The maximum absolute atomic E-state index is 12.7. The van der Waals surface area contributed by atoms with Crippen LogP contribution < -0.4 is 0 Å². The summed E-state index contributed by atoms with van der Waals surface area (Å²) < 4.78 is 1.36. The number of aromatic amines is 1. The number of hydrogen-bond donors (Lipinski definition) is 2. The number of aromatic nitrogens is 6. The Balaban J connectivity index is 1.66. The normalized spacial score (nSPS) is 18.5. The lowest BCUT2D eigenvalue weighted by Gasteiger charge is -2.20. The van der Waals surface area contributed by atoms with Crippen LogP contribution in [-0.4, -0.2) is 90.0 Å². The Kier molecular flexibility index (Phi) is 5.37. The molecule has 1 amide bonds. The van der Waals surface area contributed by atoms with Gasteiger partial charge in [0.25, 0.3) is 5.91 Å². The molecule has 1 aliphatic heterocycles. The molecule has 132 valence electrons. The highest BCUT2D eigenvalue weighted by atomic mass is 16.3. The Hall–Kier alpha value is -2.77. The molecule has 1 saturated heterocycles. The molecule has 0 bridgehead atoms. The average Bonchev–Trinajstić information content (AvgIpc) is 3.25. The quantitative estimate of drug-likeness (QED) is 0.680. The fourth-order valence-corrected chi connectivity index (χ4v) is 2.65. The van der Waals surface area contributed by atoms with Crippen molar-refractivity contribution in [2.75, 3.05) is 32.7 Å². The van der Waals surface area contributed by atoms with E-state index in [0.717, 1.165) is 6.42 Å². The first-order valence-electron chi connectivity index (χ1n) is 8.11. The lowest BCUT2D eigenvalue weighted by molar-refractivity contribution is 0.0660. The fourth-order valence-electron chi connectivity index (χ4n) is 2.65. The molecule has 3 rings (SSSR count). The number of aliphatic hydroxyl groups is 1. The molecule has 0 unspecified atom stereocenters.